The molecule has 0 aromatic carbocycles. The van der Waals surface area contributed by atoms with Gasteiger partial charge in [-0.25, -0.2) is 4.98 Å². The van der Waals surface area contributed by atoms with Gasteiger partial charge in [0.1, 0.15) is 11.5 Å². The molecular weight excluding hydrogens is 332 g/mol. The van der Waals surface area contributed by atoms with E-state index in [1.807, 2.05) is 0 Å². The van der Waals surface area contributed by atoms with Crippen molar-refractivity contribution in [3.63, 3.8) is 0 Å². The van der Waals surface area contributed by atoms with E-state index in [0.717, 1.165) is 44.6 Å². The summed E-state index contributed by atoms with van der Waals surface area (Å²) in [4.78, 5) is 25.5. The topological polar surface area (TPSA) is 78.8 Å². The van der Waals surface area contributed by atoms with Gasteiger partial charge in [0.2, 0.25) is 0 Å². The first kappa shape index (κ1) is 17.7. The Kier molecular flexibility index (Phi) is 4.84. The Hall–Kier alpha value is -1.73. The summed E-state index contributed by atoms with van der Waals surface area (Å²) in [6.07, 6.45) is 7.21. The van der Waals surface area contributed by atoms with E-state index >= 15 is 0 Å². The van der Waals surface area contributed by atoms with Gasteiger partial charge < -0.3 is 19.6 Å². The highest BCUT2D eigenvalue weighted by Crippen LogP contribution is 2.45. The number of aromatic nitrogens is 2. The summed E-state index contributed by atoms with van der Waals surface area (Å²) in [5.74, 6) is 1.44. The predicted octanol–water partition coefficient (Wildman–Crippen LogP) is 1.33. The Balaban J connectivity index is 1.51. The molecule has 7 heteroatoms. The number of rotatable bonds is 3. The van der Waals surface area contributed by atoms with E-state index in [2.05, 4.69) is 21.8 Å². The number of hydrogen-bond acceptors (Lipinski definition) is 6. The summed E-state index contributed by atoms with van der Waals surface area (Å²) in [7, 11) is 0. The summed E-state index contributed by atoms with van der Waals surface area (Å²) < 4.78 is 5.31. The highest BCUT2D eigenvalue weighted by molar-refractivity contribution is 5.92. The fourth-order valence-corrected chi connectivity index (χ4v) is 4.79. The van der Waals surface area contributed by atoms with Crippen LogP contribution in [0.25, 0.3) is 0 Å². The average Bonchev–Trinajstić information content (AvgIpc) is 3.14. The maximum atomic E-state index is 12.7. The van der Waals surface area contributed by atoms with Crippen LogP contribution in [0.4, 0.5) is 5.82 Å². The van der Waals surface area contributed by atoms with Gasteiger partial charge in [-0.15, -0.1) is 0 Å². The molecule has 3 aliphatic rings. The largest absolute Gasteiger partial charge is 0.390 e. The van der Waals surface area contributed by atoms with Crippen molar-refractivity contribution in [2.45, 2.75) is 38.2 Å². The number of morpholine rings is 1. The van der Waals surface area contributed by atoms with E-state index in [9.17, 15) is 9.90 Å². The molecule has 0 radical (unpaired) electrons. The number of fused-ring (bicyclic) bond motifs is 1. The SMILES string of the molecule is CC[C@]1(O)CCC[C@H]2CN(c3cncc(C(=O)N4CCOCC4)n3)C[C@H]21. The first-order chi connectivity index (χ1) is 12.6. The predicted molar refractivity (Wildman–Crippen MR) is 97.0 cm³/mol. The van der Waals surface area contributed by atoms with Gasteiger partial charge in [0.15, 0.2) is 0 Å². The average molecular weight is 360 g/mol. The van der Waals surface area contributed by atoms with Gasteiger partial charge in [0.05, 0.1) is 31.2 Å². The molecule has 142 valence electrons. The number of amides is 1. The van der Waals surface area contributed by atoms with Crippen LogP contribution < -0.4 is 4.90 Å². The number of aliphatic hydroxyl groups is 1. The molecule has 3 heterocycles. The van der Waals surface area contributed by atoms with Crippen molar-refractivity contribution in [3.05, 3.63) is 18.1 Å². The van der Waals surface area contributed by atoms with Crippen LogP contribution in [0.5, 0.6) is 0 Å². The molecule has 1 aromatic heterocycles. The second-order valence-electron chi connectivity index (χ2n) is 7.79. The molecule has 1 saturated carbocycles. The molecule has 3 fully saturated rings. The van der Waals surface area contributed by atoms with Crippen LogP contribution in [0.3, 0.4) is 0 Å². The van der Waals surface area contributed by atoms with Crippen molar-refractivity contribution < 1.29 is 14.6 Å². The number of anilines is 1. The van der Waals surface area contributed by atoms with E-state index in [-0.39, 0.29) is 11.8 Å². The molecule has 2 aliphatic heterocycles. The third-order valence-corrected chi connectivity index (χ3v) is 6.39. The minimum Gasteiger partial charge on any atom is -0.390 e. The summed E-state index contributed by atoms with van der Waals surface area (Å²) in [5.41, 5.74) is -0.170. The Bertz CT molecular complexity index is 664. The Morgan fingerprint density at radius 1 is 1.35 bits per heavy atom. The van der Waals surface area contributed by atoms with Crippen LogP contribution >= 0.6 is 0 Å². The van der Waals surface area contributed by atoms with Crippen LogP contribution in [0.2, 0.25) is 0 Å². The zero-order valence-corrected chi connectivity index (χ0v) is 15.4. The van der Waals surface area contributed by atoms with Crippen molar-refractivity contribution in [1.29, 1.82) is 0 Å². The van der Waals surface area contributed by atoms with Gasteiger partial charge in [-0.05, 0) is 25.2 Å². The second kappa shape index (κ2) is 7.12. The summed E-state index contributed by atoms with van der Waals surface area (Å²) in [5, 5.41) is 11.0. The van der Waals surface area contributed by atoms with E-state index in [1.54, 1.807) is 17.3 Å². The van der Waals surface area contributed by atoms with Crippen molar-refractivity contribution in [3.8, 4) is 0 Å². The molecule has 4 rings (SSSR count). The molecule has 1 amide bonds. The Morgan fingerprint density at radius 3 is 2.92 bits per heavy atom. The summed E-state index contributed by atoms with van der Waals surface area (Å²) in [6.45, 7) is 6.10. The smallest absolute Gasteiger partial charge is 0.274 e. The maximum absolute atomic E-state index is 12.7. The van der Waals surface area contributed by atoms with E-state index in [4.69, 9.17) is 4.74 Å². The molecule has 26 heavy (non-hydrogen) atoms. The zero-order chi connectivity index (χ0) is 18.1. The lowest BCUT2D eigenvalue weighted by Gasteiger charge is -2.40. The molecule has 1 aromatic rings. The molecule has 1 aliphatic carbocycles. The first-order valence-electron chi connectivity index (χ1n) is 9.77. The van der Waals surface area contributed by atoms with Gasteiger partial charge in [0, 0.05) is 32.1 Å². The number of carbonyl (C=O) groups is 1. The van der Waals surface area contributed by atoms with Gasteiger partial charge in [0.25, 0.3) is 5.91 Å². The van der Waals surface area contributed by atoms with Gasteiger partial charge in [-0.1, -0.05) is 13.3 Å². The van der Waals surface area contributed by atoms with E-state index in [0.29, 0.717) is 37.9 Å². The first-order valence-corrected chi connectivity index (χ1v) is 9.77. The standard InChI is InChI=1S/C19H28N4O3/c1-2-19(25)5-3-4-14-12-23(13-15(14)19)17-11-20-10-16(21-17)18(24)22-6-8-26-9-7-22/h10-11,14-15,25H,2-9,12-13H2,1H3/t14-,15+,19-/m0/s1. The van der Waals surface area contributed by atoms with Crippen LogP contribution in [-0.4, -0.2) is 70.9 Å². The monoisotopic (exact) mass is 360 g/mol. The Morgan fingerprint density at radius 2 is 2.15 bits per heavy atom. The number of nitrogens with zero attached hydrogens (tertiary/aromatic N) is 4. The summed E-state index contributed by atoms with van der Waals surface area (Å²) >= 11 is 0. The van der Waals surface area contributed by atoms with Crippen LogP contribution in [-0.2, 0) is 4.74 Å². The maximum Gasteiger partial charge on any atom is 0.274 e. The summed E-state index contributed by atoms with van der Waals surface area (Å²) in [6, 6.07) is 0. The molecule has 3 atom stereocenters. The normalized spacial score (nSPS) is 31.8. The molecule has 2 saturated heterocycles. The fourth-order valence-electron chi connectivity index (χ4n) is 4.79. The highest BCUT2D eigenvalue weighted by Gasteiger charge is 2.48. The van der Waals surface area contributed by atoms with Gasteiger partial charge >= 0.3 is 0 Å². The molecule has 1 N–H and O–H groups in total. The lowest BCUT2D eigenvalue weighted by Crippen LogP contribution is -2.44. The fraction of sp³-hybridized carbons (Fsp3) is 0.737. The third kappa shape index (κ3) is 3.18. The molecule has 7 nitrogen and oxygen atoms in total. The van der Waals surface area contributed by atoms with Crippen molar-refractivity contribution in [2.24, 2.45) is 11.8 Å². The van der Waals surface area contributed by atoms with Gasteiger partial charge in [-0.2, -0.15) is 0 Å². The molecular formula is C19H28N4O3. The quantitative estimate of drug-likeness (QED) is 0.876. The van der Waals surface area contributed by atoms with Crippen molar-refractivity contribution >= 4 is 11.7 Å². The minimum absolute atomic E-state index is 0.0793. The van der Waals surface area contributed by atoms with E-state index in [1.165, 1.54) is 0 Å². The van der Waals surface area contributed by atoms with Gasteiger partial charge in [-0.3, -0.25) is 9.78 Å². The van der Waals surface area contributed by atoms with Crippen LogP contribution in [0, 0.1) is 11.8 Å². The third-order valence-electron chi connectivity index (χ3n) is 6.39. The van der Waals surface area contributed by atoms with E-state index < -0.39 is 5.60 Å². The van der Waals surface area contributed by atoms with Crippen LogP contribution in [0.1, 0.15) is 43.1 Å². The number of ether oxygens (including phenoxy) is 1. The molecule has 0 bridgehead atoms. The lowest BCUT2D eigenvalue weighted by atomic mass is 9.69. The number of carbonyl (C=O) groups excluding carboxylic acids is 1. The highest BCUT2D eigenvalue weighted by atomic mass is 16.5. The van der Waals surface area contributed by atoms with Crippen LogP contribution in [0.15, 0.2) is 12.4 Å². The zero-order valence-electron chi connectivity index (χ0n) is 15.4. The van der Waals surface area contributed by atoms with Crippen molar-refractivity contribution in [1.82, 2.24) is 14.9 Å². The molecule has 0 spiro atoms. The number of hydrogen-bond donors (Lipinski definition) is 1. The molecule has 0 unspecified atom stereocenters. The minimum atomic E-state index is -0.563. The lowest BCUT2D eigenvalue weighted by molar-refractivity contribution is -0.0597. The second-order valence-corrected chi connectivity index (χ2v) is 7.79. The Labute approximate surface area is 154 Å². The van der Waals surface area contributed by atoms with Crippen molar-refractivity contribution in [2.75, 3.05) is 44.3 Å².